The summed E-state index contributed by atoms with van der Waals surface area (Å²) in [6, 6.07) is 2.06. The van der Waals surface area contributed by atoms with Gasteiger partial charge < -0.3 is 10.0 Å². The molecule has 0 aliphatic carbocycles. The van der Waals surface area contributed by atoms with Crippen molar-refractivity contribution in [3.63, 3.8) is 0 Å². The molecule has 126 valence electrons. The highest BCUT2D eigenvalue weighted by atomic mass is 35.5. The number of piperidine rings is 1. The van der Waals surface area contributed by atoms with Gasteiger partial charge in [-0.05, 0) is 38.0 Å². The number of carbonyl (C=O) groups is 2. The van der Waals surface area contributed by atoms with E-state index < -0.39 is 35.6 Å². The van der Waals surface area contributed by atoms with E-state index in [0.29, 0.717) is 19.4 Å². The third-order valence-electron chi connectivity index (χ3n) is 4.04. The van der Waals surface area contributed by atoms with Crippen molar-refractivity contribution in [1.29, 1.82) is 0 Å². The zero-order chi connectivity index (χ0) is 17.4. The molecule has 1 amide bonds. The van der Waals surface area contributed by atoms with Gasteiger partial charge in [0.2, 0.25) is 0 Å². The van der Waals surface area contributed by atoms with Gasteiger partial charge in [-0.3, -0.25) is 9.59 Å². The fourth-order valence-corrected chi connectivity index (χ4v) is 3.04. The Labute approximate surface area is 135 Å². The summed E-state index contributed by atoms with van der Waals surface area (Å²) in [4.78, 5) is 25.0. The van der Waals surface area contributed by atoms with Crippen molar-refractivity contribution < 1.29 is 27.9 Å². The van der Waals surface area contributed by atoms with Crippen LogP contribution in [0.3, 0.4) is 0 Å². The third kappa shape index (κ3) is 3.77. The van der Waals surface area contributed by atoms with Gasteiger partial charge in [0.05, 0.1) is 11.5 Å². The number of rotatable bonds is 2. The second-order valence-electron chi connectivity index (χ2n) is 5.55. The Bertz CT molecular complexity index is 633. The minimum absolute atomic E-state index is 0.192. The van der Waals surface area contributed by atoms with E-state index in [4.69, 9.17) is 16.7 Å². The van der Waals surface area contributed by atoms with Crippen LogP contribution in [0.4, 0.5) is 13.2 Å². The average Bonchev–Trinajstić information content (AvgIpc) is 2.45. The molecule has 0 saturated carbocycles. The van der Waals surface area contributed by atoms with Crippen LogP contribution in [0.2, 0.25) is 5.02 Å². The van der Waals surface area contributed by atoms with E-state index in [1.807, 2.05) is 0 Å². The Kier molecular flexibility index (Phi) is 4.89. The molecule has 2 atom stereocenters. The normalized spacial score (nSPS) is 22.0. The molecule has 1 saturated heterocycles. The highest BCUT2D eigenvalue weighted by molar-refractivity contribution is 6.31. The molecule has 0 unspecified atom stereocenters. The van der Waals surface area contributed by atoms with Crippen LogP contribution in [-0.4, -0.2) is 34.5 Å². The lowest BCUT2D eigenvalue weighted by atomic mass is 9.89. The van der Waals surface area contributed by atoms with Gasteiger partial charge in [0.25, 0.3) is 5.91 Å². The summed E-state index contributed by atoms with van der Waals surface area (Å²) in [5, 5.41) is 8.97. The molecule has 1 N–H and O–H groups in total. The maximum absolute atomic E-state index is 12.8. The molecular formula is C15H15ClF3NO3. The van der Waals surface area contributed by atoms with Gasteiger partial charge >= 0.3 is 12.1 Å². The molecule has 1 aliphatic heterocycles. The number of benzene rings is 1. The largest absolute Gasteiger partial charge is 0.481 e. The molecule has 1 aromatic carbocycles. The number of aliphatic carboxylic acids is 1. The van der Waals surface area contributed by atoms with Gasteiger partial charge in [-0.25, -0.2) is 0 Å². The second kappa shape index (κ2) is 6.39. The summed E-state index contributed by atoms with van der Waals surface area (Å²) in [5.41, 5.74) is -1.20. The summed E-state index contributed by atoms with van der Waals surface area (Å²) in [7, 11) is 0. The van der Waals surface area contributed by atoms with Gasteiger partial charge in [0.15, 0.2) is 0 Å². The monoisotopic (exact) mass is 349 g/mol. The van der Waals surface area contributed by atoms with E-state index in [1.165, 1.54) is 4.90 Å². The first-order valence-electron chi connectivity index (χ1n) is 7.03. The Morgan fingerprint density at radius 3 is 2.52 bits per heavy atom. The number of halogens is 4. The Morgan fingerprint density at radius 1 is 1.30 bits per heavy atom. The lowest BCUT2D eigenvalue weighted by Crippen LogP contribution is -2.49. The molecule has 2 rings (SSSR count). The Hall–Kier alpha value is -1.76. The van der Waals surface area contributed by atoms with Gasteiger partial charge in [-0.1, -0.05) is 11.6 Å². The van der Waals surface area contributed by atoms with Crippen LogP contribution in [0.1, 0.15) is 35.7 Å². The highest BCUT2D eigenvalue weighted by Gasteiger charge is 2.37. The minimum atomic E-state index is -4.61. The van der Waals surface area contributed by atoms with Crippen LogP contribution >= 0.6 is 11.6 Å². The molecule has 0 spiro atoms. The molecule has 4 nitrogen and oxygen atoms in total. The Morgan fingerprint density at radius 2 is 1.96 bits per heavy atom. The van der Waals surface area contributed by atoms with Crippen molar-refractivity contribution in [3.05, 3.63) is 34.3 Å². The molecule has 0 bridgehead atoms. The van der Waals surface area contributed by atoms with Gasteiger partial charge in [0.1, 0.15) is 0 Å². The van der Waals surface area contributed by atoms with E-state index in [-0.39, 0.29) is 10.6 Å². The standard InChI is InChI=1S/C15H15ClF3NO3/c1-8-12(14(22)23)3-2-4-20(8)13(21)9-5-10(15(17,18)19)7-11(16)6-9/h5-8,12H,2-4H2,1H3,(H,22,23)/t8-,12-/m1/s1. The SMILES string of the molecule is C[C@@H]1[C@H](C(=O)O)CCCN1C(=O)c1cc(Cl)cc(C(F)(F)F)c1. The van der Waals surface area contributed by atoms with Crippen molar-refractivity contribution >= 4 is 23.5 Å². The molecule has 1 aliphatic rings. The fraction of sp³-hybridized carbons (Fsp3) is 0.467. The van der Waals surface area contributed by atoms with Crippen LogP contribution in [-0.2, 0) is 11.0 Å². The molecule has 8 heteroatoms. The number of alkyl halides is 3. The lowest BCUT2D eigenvalue weighted by Gasteiger charge is -2.37. The third-order valence-corrected chi connectivity index (χ3v) is 4.26. The van der Waals surface area contributed by atoms with Gasteiger partial charge in [-0.15, -0.1) is 0 Å². The highest BCUT2D eigenvalue weighted by Crippen LogP contribution is 2.33. The topological polar surface area (TPSA) is 57.6 Å². The van der Waals surface area contributed by atoms with E-state index in [1.54, 1.807) is 6.92 Å². The zero-order valence-electron chi connectivity index (χ0n) is 12.2. The number of nitrogens with zero attached hydrogens (tertiary/aromatic N) is 1. The molecule has 1 fully saturated rings. The number of hydrogen-bond acceptors (Lipinski definition) is 2. The first-order valence-corrected chi connectivity index (χ1v) is 7.40. The number of carboxylic acids is 1. The van der Waals surface area contributed by atoms with E-state index in [2.05, 4.69) is 0 Å². The average molecular weight is 350 g/mol. The summed E-state index contributed by atoms with van der Waals surface area (Å²) in [6.07, 6.45) is -3.69. The quantitative estimate of drug-likeness (QED) is 0.886. The number of likely N-dealkylation sites (tertiary alicyclic amines) is 1. The second-order valence-corrected chi connectivity index (χ2v) is 5.99. The van der Waals surface area contributed by atoms with Crippen molar-refractivity contribution in [2.75, 3.05) is 6.54 Å². The number of hydrogen-bond donors (Lipinski definition) is 1. The van der Waals surface area contributed by atoms with Gasteiger partial charge in [0, 0.05) is 23.2 Å². The first kappa shape index (κ1) is 17.6. The number of amides is 1. The number of carbonyl (C=O) groups excluding carboxylic acids is 1. The van der Waals surface area contributed by atoms with Crippen molar-refractivity contribution in [2.24, 2.45) is 5.92 Å². The van der Waals surface area contributed by atoms with Crippen molar-refractivity contribution in [2.45, 2.75) is 32.0 Å². The maximum atomic E-state index is 12.8. The van der Waals surface area contributed by atoms with Crippen LogP contribution in [0, 0.1) is 5.92 Å². The summed E-state index contributed by atoms with van der Waals surface area (Å²) >= 11 is 5.69. The van der Waals surface area contributed by atoms with Crippen molar-refractivity contribution in [1.82, 2.24) is 4.90 Å². The fourth-order valence-electron chi connectivity index (χ4n) is 2.80. The smallest absolute Gasteiger partial charge is 0.416 e. The lowest BCUT2D eigenvalue weighted by molar-refractivity contribution is -0.145. The number of carboxylic acid groups (broad SMARTS) is 1. The zero-order valence-corrected chi connectivity index (χ0v) is 13.0. The molecule has 1 aromatic rings. The van der Waals surface area contributed by atoms with Crippen LogP contribution in [0.25, 0.3) is 0 Å². The molecule has 0 radical (unpaired) electrons. The molecular weight excluding hydrogens is 335 g/mol. The predicted molar refractivity (Wildman–Crippen MR) is 77.3 cm³/mol. The van der Waals surface area contributed by atoms with E-state index in [9.17, 15) is 22.8 Å². The first-order chi connectivity index (χ1) is 10.6. The maximum Gasteiger partial charge on any atom is 0.416 e. The summed E-state index contributed by atoms with van der Waals surface area (Å²) in [6.45, 7) is 1.89. The summed E-state index contributed by atoms with van der Waals surface area (Å²) < 4.78 is 38.5. The molecule has 23 heavy (non-hydrogen) atoms. The van der Waals surface area contributed by atoms with Crippen LogP contribution in [0.15, 0.2) is 18.2 Å². The van der Waals surface area contributed by atoms with Crippen LogP contribution in [0.5, 0.6) is 0 Å². The van der Waals surface area contributed by atoms with Crippen molar-refractivity contribution in [3.8, 4) is 0 Å². The Balaban J connectivity index is 2.33. The molecule has 0 aromatic heterocycles. The van der Waals surface area contributed by atoms with Gasteiger partial charge in [-0.2, -0.15) is 13.2 Å². The van der Waals surface area contributed by atoms with Crippen LogP contribution < -0.4 is 0 Å². The summed E-state index contributed by atoms with van der Waals surface area (Å²) in [5.74, 6) is -2.39. The predicted octanol–water partition coefficient (Wildman–Crippen LogP) is 3.68. The van der Waals surface area contributed by atoms with E-state index >= 15 is 0 Å². The van der Waals surface area contributed by atoms with E-state index in [0.717, 1.165) is 18.2 Å². The molecule has 1 heterocycles. The minimum Gasteiger partial charge on any atom is -0.481 e.